The summed E-state index contributed by atoms with van der Waals surface area (Å²) >= 11 is 0. The Hall–Kier alpha value is -2.30. The van der Waals surface area contributed by atoms with E-state index < -0.39 is 5.97 Å². The van der Waals surface area contributed by atoms with Crippen molar-refractivity contribution in [2.45, 2.75) is 13.8 Å². The van der Waals surface area contributed by atoms with Crippen molar-refractivity contribution in [3.8, 4) is 11.5 Å². The molecule has 0 spiro atoms. The number of allylic oxidation sites excluding steroid dienone is 1. The highest BCUT2D eigenvalue weighted by Crippen LogP contribution is 2.28. The van der Waals surface area contributed by atoms with Gasteiger partial charge >= 0.3 is 5.97 Å². The number of hydrogen-bond donors (Lipinski definition) is 0. The fraction of sp³-hybridized carbons (Fsp3) is 0.333. The number of hydrogen-bond acceptors (Lipinski definition) is 5. The van der Waals surface area contributed by atoms with Gasteiger partial charge in [-0.1, -0.05) is 0 Å². The molecule has 1 aromatic rings. The van der Waals surface area contributed by atoms with E-state index in [2.05, 4.69) is 0 Å². The first-order valence-corrected chi connectivity index (χ1v) is 6.32. The van der Waals surface area contributed by atoms with Crippen LogP contribution in [-0.2, 0) is 9.53 Å². The van der Waals surface area contributed by atoms with E-state index in [1.54, 1.807) is 25.1 Å². The van der Waals surface area contributed by atoms with E-state index in [1.807, 2.05) is 6.92 Å². The summed E-state index contributed by atoms with van der Waals surface area (Å²) in [7, 11) is 1.50. The summed E-state index contributed by atoms with van der Waals surface area (Å²) in [4.78, 5) is 23.0. The topological polar surface area (TPSA) is 61.8 Å². The number of carbonyl (C=O) groups is 2. The minimum Gasteiger partial charge on any atom is -0.493 e. The highest BCUT2D eigenvalue weighted by molar-refractivity contribution is 6.07. The van der Waals surface area contributed by atoms with Crippen LogP contribution in [-0.4, -0.2) is 32.1 Å². The standard InChI is InChI=1S/C15H18O5/c1-4-19-13-8-6-11(10-14(13)18-3)12(16)7-9-15(17)20-5-2/h6-10H,4-5H2,1-3H3/b9-7+. The third kappa shape index (κ3) is 4.42. The Morgan fingerprint density at radius 2 is 1.85 bits per heavy atom. The molecule has 0 saturated heterocycles. The van der Waals surface area contributed by atoms with Gasteiger partial charge in [-0.15, -0.1) is 0 Å². The van der Waals surface area contributed by atoms with Gasteiger partial charge in [0.25, 0.3) is 0 Å². The van der Waals surface area contributed by atoms with Gasteiger partial charge in [-0.25, -0.2) is 4.79 Å². The maximum Gasteiger partial charge on any atom is 0.330 e. The molecule has 0 aromatic heterocycles. The molecule has 0 fully saturated rings. The van der Waals surface area contributed by atoms with Crippen LogP contribution in [0.4, 0.5) is 0 Å². The first kappa shape index (κ1) is 15.8. The fourth-order valence-electron chi connectivity index (χ4n) is 1.53. The van der Waals surface area contributed by atoms with Crippen LogP contribution in [0.5, 0.6) is 11.5 Å². The SMILES string of the molecule is CCOC(=O)/C=C/C(=O)c1ccc(OCC)c(OC)c1. The number of methoxy groups -OCH3 is 1. The Balaban J connectivity index is 2.86. The van der Waals surface area contributed by atoms with Crippen LogP contribution in [0.2, 0.25) is 0 Å². The first-order chi connectivity index (χ1) is 9.62. The minimum absolute atomic E-state index is 0.272. The van der Waals surface area contributed by atoms with Crippen LogP contribution >= 0.6 is 0 Å². The van der Waals surface area contributed by atoms with Gasteiger partial charge in [-0.05, 0) is 38.1 Å². The van der Waals surface area contributed by atoms with Crippen molar-refractivity contribution >= 4 is 11.8 Å². The highest BCUT2D eigenvalue weighted by Gasteiger charge is 2.09. The van der Waals surface area contributed by atoms with Gasteiger partial charge in [0, 0.05) is 11.6 Å². The Morgan fingerprint density at radius 3 is 2.45 bits per heavy atom. The molecule has 0 aliphatic carbocycles. The average Bonchev–Trinajstić information content (AvgIpc) is 2.45. The van der Waals surface area contributed by atoms with Crippen LogP contribution in [0.3, 0.4) is 0 Å². The van der Waals surface area contributed by atoms with Gasteiger partial charge in [0.1, 0.15) is 0 Å². The van der Waals surface area contributed by atoms with Gasteiger partial charge in [0.15, 0.2) is 17.3 Å². The predicted octanol–water partition coefficient (Wildman–Crippen LogP) is 2.40. The molecule has 0 bridgehead atoms. The molecule has 0 atom stereocenters. The zero-order valence-electron chi connectivity index (χ0n) is 11.8. The molecule has 5 heteroatoms. The van der Waals surface area contributed by atoms with Crippen LogP contribution in [0.25, 0.3) is 0 Å². The first-order valence-electron chi connectivity index (χ1n) is 6.32. The number of esters is 1. The summed E-state index contributed by atoms with van der Waals surface area (Å²) in [5.41, 5.74) is 0.408. The van der Waals surface area contributed by atoms with Crippen LogP contribution in [0, 0.1) is 0 Å². The van der Waals surface area contributed by atoms with Crippen molar-refractivity contribution in [2.75, 3.05) is 20.3 Å². The molecule has 5 nitrogen and oxygen atoms in total. The normalized spacial score (nSPS) is 10.3. The molecule has 0 unspecified atom stereocenters. The summed E-state index contributed by atoms with van der Waals surface area (Å²) in [5, 5.41) is 0. The lowest BCUT2D eigenvalue weighted by Crippen LogP contribution is -2.02. The van der Waals surface area contributed by atoms with Gasteiger partial charge < -0.3 is 14.2 Å². The van der Waals surface area contributed by atoms with E-state index >= 15 is 0 Å². The maximum atomic E-state index is 11.9. The number of ether oxygens (including phenoxy) is 3. The lowest BCUT2D eigenvalue weighted by Gasteiger charge is -2.09. The molecule has 0 radical (unpaired) electrons. The Bertz CT molecular complexity index is 505. The van der Waals surface area contributed by atoms with Crippen molar-refractivity contribution in [1.82, 2.24) is 0 Å². The smallest absolute Gasteiger partial charge is 0.330 e. The van der Waals surface area contributed by atoms with Crippen molar-refractivity contribution < 1.29 is 23.8 Å². The van der Waals surface area contributed by atoms with Gasteiger partial charge in [-0.2, -0.15) is 0 Å². The molecular formula is C15H18O5. The van der Waals surface area contributed by atoms with Crippen molar-refractivity contribution in [3.05, 3.63) is 35.9 Å². The molecule has 0 N–H and O–H groups in total. The van der Waals surface area contributed by atoms with E-state index in [0.717, 1.165) is 6.08 Å². The molecule has 0 saturated carbocycles. The largest absolute Gasteiger partial charge is 0.493 e. The fourth-order valence-corrected chi connectivity index (χ4v) is 1.53. The van der Waals surface area contributed by atoms with Crippen molar-refractivity contribution in [1.29, 1.82) is 0 Å². The third-order valence-electron chi connectivity index (χ3n) is 2.41. The average molecular weight is 278 g/mol. The molecule has 0 aliphatic heterocycles. The summed E-state index contributed by atoms with van der Waals surface area (Å²) < 4.78 is 15.2. The Kier molecular flexibility index (Phi) is 6.29. The highest BCUT2D eigenvalue weighted by atomic mass is 16.5. The zero-order valence-corrected chi connectivity index (χ0v) is 11.8. The number of benzene rings is 1. The molecule has 0 heterocycles. The lowest BCUT2D eigenvalue weighted by atomic mass is 10.1. The van der Waals surface area contributed by atoms with Gasteiger partial charge in [-0.3, -0.25) is 4.79 Å². The van der Waals surface area contributed by atoms with E-state index in [9.17, 15) is 9.59 Å². The molecule has 1 aromatic carbocycles. The molecule has 0 aliphatic rings. The zero-order chi connectivity index (χ0) is 15.0. The predicted molar refractivity (Wildman–Crippen MR) is 74.3 cm³/mol. The number of carbonyl (C=O) groups excluding carboxylic acids is 2. The molecule has 20 heavy (non-hydrogen) atoms. The van der Waals surface area contributed by atoms with Crippen LogP contribution in [0.15, 0.2) is 30.4 Å². The lowest BCUT2D eigenvalue weighted by molar-refractivity contribution is -0.137. The van der Waals surface area contributed by atoms with E-state index in [0.29, 0.717) is 23.7 Å². The molecule has 1 rings (SSSR count). The number of rotatable bonds is 7. The monoisotopic (exact) mass is 278 g/mol. The second-order valence-electron chi connectivity index (χ2n) is 3.75. The summed E-state index contributed by atoms with van der Waals surface area (Å²) in [6, 6.07) is 4.85. The maximum absolute atomic E-state index is 11.9. The quantitative estimate of drug-likeness (QED) is 0.435. The van der Waals surface area contributed by atoms with Gasteiger partial charge in [0.05, 0.1) is 20.3 Å². The second kappa shape index (κ2) is 7.99. The summed E-state index contributed by atoms with van der Waals surface area (Å²) in [5.74, 6) is 0.196. The number of ketones is 1. The third-order valence-corrected chi connectivity index (χ3v) is 2.41. The van der Waals surface area contributed by atoms with Gasteiger partial charge in [0.2, 0.25) is 0 Å². The van der Waals surface area contributed by atoms with E-state index in [-0.39, 0.29) is 12.4 Å². The van der Waals surface area contributed by atoms with E-state index in [4.69, 9.17) is 14.2 Å². The van der Waals surface area contributed by atoms with E-state index in [1.165, 1.54) is 13.2 Å². The van der Waals surface area contributed by atoms with Crippen molar-refractivity contribution in [2.24, 2.45) is 0 Å². The second-order valence-corrected chi connectivity index (χ2v) is 3.75. The summed E-state index contributed by atoms with van der Waals surface area (Å²) in [6.07, 6.45) is 2.28. The molecule has 108 valence electrons. The Labute approximate surface area is 118 Å². The van der Waals surface area contributed by atoms with Crippen LogP contribution in [0.1, 0.15) is 24.2 Å². The summed E-state index contributed by atoms with van der Waals surface area (Å²) in [6.45, 7) is 4.34. The minimum atomic E-state index is -0.543. The van der Waals surface area contributed by atoms with Crippen molar-refractivity contribution in [3.63, 3.8) is 0 Å². The molecular weight excluding hydrogens is 260 g/mol. The molecule has 0 amide bonds. The van der Waals surface area contributed by atoms with Crippen LogP contribution < -0.4 is 9.47 Å². The Morgan fingerprint density at radius 1 is 1.10 bits per heavy atom.